The van der Waals surface area contributed by atoms with Crippen LogP contribution in [0, 0.1) is 5.41 Å². The lowest BCUT2D eigenvalue weighted by atomic mass is 9.74. The van der Waals surface area contributed by atoms with E-state index in [1.165, 1.54) is 25.5 Å². The zero-order valence-electron chi connectivity index (χ0n) is 10.0. The van der Waals surface area contributed by atoms with Gasteiger partial charge in [0.05, 0.1) is 19.0 Å². The summed E-state index contributed by atoms with van der Waals surface area (Å²) in [5, 5.41) is 12.8. The fourth-order valence-corrected chi connectivity index (χ4v) is 2.40. The molecular formula is C12H20N4O. The third-order valence-electron chi connectivity index (χ3n) is 3.57. The third kappa shape index (κ3) is 3.06. The SMILES string of the molecule is Nc1cnc(NCC2(CO)CCCCC2)cn1. The summed E-state index contributed by atoms with van der Waals surface area (Å²) in [5.74, 6) is 1.14. The molecule has 0 aromatic carbocycles. The van der Waals surface area contributed by atoms with E-state index < -0.39 is 0 Å². The van der Waals surface area contributed by atoms with Gasteiger partial charge in [-0.05, 0) is 12.8 Å². The van der Waals surface area contributed by atoms with Gasteiger partial charge in [-0.15, -0.1) is 0 Å². The van der Waals surface area contributed by atoms with Gasteiger partial charge >= 0.3 is 0 Å². The summed E-state index contributed by atoms with van der Waals surface area (Å²) in [6.45, 7) is 0.991. The predicted octanol–water partition coefficient (Wildman–Crippen LogP) is 1.41. The molecule has 94 valence electrons. The van der Waals surface area contributed by atoms with Crippen LogP contribution < -0.4 is 11.1 Å². The van der Waals surface area contributed by atoms with Crippen molar-refractivity contribution >= 4 is 11.6 Å². The summed E-state index contributed by atoms with van der Waals surface area (Å²) in [7, 11) is 0. The lowest BCUT2D eigenvalue weighted by Gasteiger charge is -2.35. The molecule has 0 saturated heterocycles. The Morgan fingerprint density at radius 3 is 2.59 bits per heavy atom. The van der Waals surface area contributed by atoms with Gasteiger partial charge in [0.2, 0.25) is 0 Å². The number of aliphatic hydroxyl groups excluding tert-OH is 1. The molecule has 5 nitrogen and oxygen atoms in total. The van der Waals surface area contributed by atoms with E-state index in [2.05, 4.69) is 15.3 Å². The Bertz CT molecular complexity index is 346. The zero-order chi connectivity index (χ0) is 12.1. The minimum Gasteiger partial charge on any atom is -0.396 e. The molecule has 1 aliphatic carbocycles. The normalized spacial score (nSPS) is 18.9. The average molecular weight is 236 g/mol. The number of nitrogens with one attached hydrogen (secondary N) is 1. The molecule has 1 saturated carbocycles. The van der Waals surface area contributed by atoms with Gasteiger partial charge in [0, 0.05) is 12.0 Å². The Kier molecular flexibility index (Phi) is 3.78. The van der Waals surface area contributed by atoms with Crippen molar-refractivity contribution in [2.24, 2.45) is 5.41 Å². The summed E-state index contributed by atoms with van der Waals surface area (Å²) in [4.78, 5) is 8.13. The maximum atomic E-state index is 9.57. The largest absolute Gasteiger partial charge is 0.396 e. The summed E-state index contributed by atoms with van der Waals surface area (Å²) in [6.07, 6.45) is 9.02. The van der Waals surface area contributed by atoms with Crippen LogP contribution in [0.4, 0.5) is 11.6 Å². The molecule has 0 radical (unpaired) electrons. The first-order valence-corrected chi connectivity index (χ1v) is 6.16. The van der Waals surface area contributed by atoms with Crippen molar-refractivity contribution in [1.82, 2.24) is 9.97 Å². The molecule has 1 aromatic heterocycles. The minimum atomic E-state index is 0.0152. The number of nitrogens with zero attached hydrogens (tertiary/aromatic N) is 2. The first-order chi connectivity index (χ1) is 8.24. The van der Waals surface area contributed by atoms with E-state index in [4.69, 9.17) is 5.73 Å². The van der Waals surface area contributed by atoms with Crippen LogP contribution in [-0.4, -0.2) is 28.2 Å². The van der Waals surface area contributed by atoms with Gasteiger partial charge in [0.25, 0.3) is 0 Å². The number of nitrogen functional groups attached to an aromatic ring is 1. The van der Waals surface area contributed by atoms with Crippen molar-refractivity contribution in [3.8, 4) is 0 Å². The Balaban J connectivity index is 1.93. The van der Waals surface area contributed by atoms with Crippen molar-refractivity contribution in [3.05, 3.63) is 12.4 Å². The highest BCUT2D eigenvalue weighted by molar-refractivity contribution is 5.36. The quantitative estimate of drug-likeness (QED) is 0.736. The molecule has 0 bridgehead atoms. The molecule has 4 N–H and O–H groups in total. The van der Waals surface area contributed by atoms with Gasteiger partial charge in [-0.25, -0.2) is 9.97 Å². The number of aliphatic hydroxyl groups is 1. The Labute approximate surface area is 101 Å². The third-order valence-corrected chi connectivity index (χ3v) is 3.57. The molecule has 2 rings (SSSR count). The first-order valence-electron chi connectivity index (χ1n) is 6.16. The smallest absolute Gasteiger partial charge is 0.144 e. The van der Waals surface area contributed by atoms with Crippen LogP contribution in [0.15, 0.2) is 12.4 Å². The van der Waals surface area contributed by atoms with Crippen molar-refractivity contribution in [2.45, 2.75) is 32.1 Å². The van der Waals surface area contributed by atoms with E-state index in [-0.39, 0.29) is 12.0 Å². The summed E-state index contributed by atoms with van der Waals surface area (Å²) in [6, 6.07) is 0. The molecule has 1 heterocycles. The van der Waals surface area contributed by atoms with Gasteiger partial charge < -0.3 is 16.2 Å². The van der Waals surface area contributed by atoms with Crippen LogP contribution >= 0.6 is 0 Å². The second kappa shape index (κ2) is 5.31. The molecule has 0 atom stereocenters. The summed E-state index contributed by atoms with van der Waals surface area (Å²) >= 11 is 0. The van der Waals surface area contributed by atoms with E-state index in [1.54, 1.807) is 6.20 Å². The van der Waals surface area contributed by atoms with Crippen LogP contribution in [0.5, 0.6) is 0 Å². The number of aromatic nitrogens is 2. The molecule has 1 aromatic rings. The lowest BCUT2D eigenvalue weighted by Crippen LogP contribution is -2.35. The molecule has 5 heteroatoms. The second-order valence-corrected chi connectivity index (χ2v) is 4.90. The number of anilines is 2. The fraction of sp³-hybridized carbons (Fsp3) is 0.667. The van der Waals surface area contributed by atoms with E-state index in [0.717, 1.165) is 25.2 Å². The van der Waals surface area contributed by atoms with Crippen molar-refractivity contribution in [3.63, 3.8) is 0 Å². The van der Waals surface area contributed by atoms with E-state index in [0.29, 0.717) is 5.82 Å². The number of rotatable bonds is 4. The zero-order valence-corrected chi connectivity index (χ0v) is 10.0. The summed E-state index contributed by atoms with van der Waals surface area (Å²) in [5.41, 5.74) is 5.49. The Hall–Kier alpha value is -1.36. The molecule has 1 aliphatic rings. The number of hydrogen-bond acceptors (Lipinski definition) is 5. The lowest BCUT2D eigenvalue weighted by molar-refractivity contribution is 0.0943. The van der Waals surface area contributed by atoms with Crippen LogP contribution in [0.2, 0.25) is 0 Å². The maximum absolute atomic E-state index is 9.57. The highest BCUT2D eigenvalue weighted by Crippen LogP contribution is 2.35. The standard InChI is InChI=1S/C12H20N4O/c13-10-6-15-11(7-14-10)16-8-12(9-17)4-2-1-3-5-12/h6-7,17H,1-5,8-9H2,(H2,13,14)(H,15,16). The minimum absolute atomic E-state index is 0.0152. The van der Waals surface area contributed by atoms with Gasteiger partial charge in [-0.1, -0.05) is 19.3 Å². The van der Waals surface area contributed by atoms with Crippen molar-refractivity contribution < 1.29 is 5.11 Å². The van der Waals surface area contributed by atoms with Crippen LogP contribution in [0.3, 0.4) is 0 Å². The Morgan fingerprint density at radius 2 is 2.00 bits per heavy atom. The van der Waals surface area contributed by atoms with Crippen LogP contribution in [-0.2, 0) is 0 Å². The van der Waals surface area contributed by atoms with Gasteiger partial charge in [0.15, 0.2) is 0 Å². The Morgan fingerprint density at radius 1 is 1.24 bits per heavy atom. The van der Waals surface area contributed by atoms with Crippen molar-refractivity contribution in [2.75, 3.05) is 24.2 Å². The molecular weight excluding hydrogens is 216 g/mol. The monoisotopic (exact) mass is 236 g/mol. The molecule has 0 amide bonds. The van der Waals surface area contributed by atoms with Crippen LogP contribution in [0.1, 0.15) is 32.1 Å². The van der Waals surface area contributed by atoms with Crippen molar-refractivity contribution in [1.29, 1.82) is 0 Å². The summed E-state index contributed by atoms with van der Waals surface area (Å²) < 4.78 is 0. The highest BCUT2D eigenvalue weighted by atomic mass is 16.3. The van der Waals surface area contributed by atoms with E-state index in [9.17, 15) is 5.11 Å². The van der Waals surface area contributed by atoms with E-state index >= 15 is 0 Å². The van der Waals surface area contributed by atoms with Gasteiger partial charge in [-0.2, -0.15) is 0 Å². The number of hydrogen-bond donors (Lipinski definition) is 3. The molecule has 1 fully saturated rings. The number of nitrogens with two attached hydrogens (primary N) is 1. The fourth-order valence-electron chi connectivity index (χ4n) is 2.40. The second-order valence-electron chi connectivity index (χ2n) is 4.90. The topological polar surface area (TPSA) is 84.1 Å². The van der Waals surface area contributed by atoms with E-state index in [1.807, 2.05) is 0 Å². The van der Waals surface area contributed by atoms with Gasteiger partial charge in [0.1, 0.15) is 11.6 Å². The van der Waals surface area contributed by atoms with Crippen LogP contribution in [0.25, 0.3) is 0 Å². The molecule has 17 heavy (non-hydrogen) atoms. The first kappa shape index (κ1) is 12.1. The highest BCUT2D eigenvalue weighted by Gasteiger charge is 2.31. The predicted molar refractivity (Wildman–Crippen MR) is 67.5 cm³/mol. The molecule has 0 spiro atoms. The molecule has 0 aliphatic heterocycles. The van der Waals surface area contributed by atoms with Gasteiger partial charge in [-0.3, -0.25) is 0 Å². The molecule has 0 unspecified atom stereocenters. The average Bonchev–Trinajstić information content (AvgIpc) is 2.39. The maximum Gasteiger partial charge on any atom is 0.144 e.